The van der Waals surface area contributed by atoms with E-state index in [0.29, 0.717) is 5.95 Å². The van der Waals surface area contributed by atoms with Gasteiger partial charge in [-0.15, -0.1) is 0 Å². The molecule has 2 aromatic rings. The second-order valence-corrected chi connectivity index (χ2v) is 4.40. The van der Waals surface area contributed by atoms with Crippen molar-refractivity contribution in [2.45, 2.75) is 6.92 Å². The van der Waals surface area contributed by atoms with Crippen LogP contribution in [0.2, 0.25) is 0 Å². The van der Waals surface area contributed by atoms with Crippen LogP contribution >= 0.6 is 0 Å². The van der Waals surface area contributed by atoms with Crippen molar-refractivity contribution in [1.82, 2.24) is 9.97 Å². The van der Waals surface area contributed by atoms with E-state index >= 15 is 0 Å². The molecule has 1 aromatic carbocycles. The van der Waals surface area contributed by atoms with Gasteiger partial charge in [0.15, 0.2) is 0 Å². The number of rotatable bonds is 3. The van der Waals surface area contributed by atoms with Crippen LogP contribution in [-0.4, -0.2) is 23.1 Å². The van der Waals surface area contributed by atoms with Gasteiger partial charge in [0.05, 0.1) is 0 Å². The molecular weight excluding hydrogens is 236 g/mol. The number of aromatic nitrogens is 2. The van der Waals surface area contributed by atoms with Gasteiger partial charge in [0, 0.05) is 30.5 Å². The van der Waals surface area contributed by atoms with Gasteiger partial charge in [-0.05, 0) is 19.1 Å². The number of nitrogens with zero attached hydrogens (tertiary/aromatic N) is 3. The third kappa shape index (κ3) is 2.42. The average Bonchev–Trinajstić information content (AvgIpc) is 2.47. The fourth-order valence-electron chi connectivity index (χ4n) is 2.14. The first kappa shape index (κ1) is 11.7. The molecule has 2 heterocycles. The lowest BCUT2D eigenvalue weighted by Gasteiger charge is -2.25. The topological polar surface area (TPSA) is 41.1 Å². The van der Waals surface area contributed by atoms with E-state index in [0.717, 1.165) is 30.2 Å². The molecule has 1 aromatic heterocycles. The molecule has 0 bridgehead atoms. The minimum absolute atomic E-state index is 0.638. The summed E-state index contributed by atoms with van der Waals surface area (Å²) in [6.07, 6.45) is 6.08. The van der Waals surface area contributed by atoms with Crippen molar-refractivity contribution in [3.05, 3.63) is 48.2 Å². The normalized spacial score (nSPS) is 13.2. The summed E-state index contributed by atoms with van der Waals surface area (Å²) in [7, 11) is 0. The summed E-state index contributed by atoms with van der Waals surface area (Å²) in [4.78, 5) is 11.2. The van der Waals surface area contributed by atoms with Crippen LogP contribution in [0.25, 0.3) is 6.08 Å². The molecular formula is C15H16N4. The highest BCUT2D eigenvalue weighted by Gasteiger charge is 2.14. The largest absolute Gasteiger partial charge is 0.353 e. The number of hydrogen-bond acceptors (Lipinski definition) is 4. The molecule has 0 radical (unpaired) electrons. The van der Waals surface area contributed by atoms with Crippen LogP contribution in [0.5, 0.6) is 0 Å². The Balaban J connectivity index is 1.90. The van der Waals surface area contributed by atoms with E-state index in [2.05, 4.69) is 39.3 Å². The highest BCUT2D eigenvalue weighted by Crippen LogP contribution is 2.24. The van der Waals surface area contributed by atoms with E-state index in [9.17, 15) is 0 Å². The second-order valence-electron chi connectivity index (χ2n) is 4.40. The fourth-order valence-corrected chi connectivity index (χ4v) is 2.14. The average molecular weight is 252 g/mol. The quantitative estimate of drug-likeness (QED) is 0.911. The van der Waals surface area contributed by atoms with Gasteiger partial charge >= 0.3 is 0 Å². The summed E-state index contributed by atoms with van der Waals surface area (Å²) in [5, 5.41) is 3.23. The van der Waals surface area contributed by atoms with Gasteiger partial charge < -0.3 is 10.2 Å². The monoisotopic (exact) mass is 252 g/mol. The molecule has 1 N–H and O–H groups in total. The second kappa shape index (κ2) is 5.10. The van der Waals surface area contributed by atoms with Crippen LogP contribution in [0, 0.1) is 0 Å². The van der Waals surface area contributed by atoms with Crippen molar-refractivity contribution in [1.29, 1.82) is 0 Å². The summed E-state index contributed by atoms with van der Waals surface area (Å²) in [6.45, 7) is 3.99. The summed E-state index contributed by atoms with van der Waals surface area (Å²) in [5.74, 6) is 1.64. The standard InChI is InChI=1S/C15H16N4/c1-2-19-10-6-7-12-11-16-15(18-14(12)19)17-13-8-4-3-5-9-13/h3-9,11H,2,10H2,1H3,(H,16,17,18). The van der Waals surface area contributed by atoms with Gasteiger partial charge in [0.25, 0.3) is 0 Å². The van der Waals surface area contributed by atoms with Crippen LogP contribution < -0.4 is 10.2 Å². The molecule has 0 aliphatic carbocycles. The summed E-state index contributed by atoms with van der Waals surface area (Å²) < 4.78 is 0. The third-order valence-electron chi connectivity index (χ3n) is 3.13. The lowest BCUT2D eigenvalue weighted by Crippen LogP contribution is -2.27. The molecule has 1 aliphatic rings. The van der Waals surface area contributed by atoms with Gasteiger partial charge in [0.2, 0.25) is 5.95 Å². The molecule has 0 amide bonds. The Morgan fingerprint density at radius 1 is 1.26 bits per heavy atom. The molecule has 96 valence electrons. The number of anilines is 3. The fraction of sp³-hybridized carbons (Fsp3) is 0.200. The first-order valence-electron chi connectivity index (χ1n) is 6.47. The van der Waals surface area contributed by atoms with Gasteiger partial charge in [0.1, 0.15) is 5.82 Å². The number of likely N-dealkylation sites (N-methyl/N-ethyl adjacent to an activating group) is 1. The van der Waals surface area contributed by atoms with Crippen molar-refractivity contribution in [3.8, 4) is 0 Å². The maximum absolute atomic E-state index is 4.61. The number of fused-ring (bicyclic) bond motifs is 1. The molecule has 0 fully saturated rings. The number of hydrogen-bond donors (Lipinski definition) is 1. The Morgan fingerprint density at radius 3 is 2.89 bits per heavy atom. The zero-order valence-corrected chi connectivity index (χ0v) is 10.9. The van der Waals surface area contributed by atoms with E-state index in [1.807, 2.05) is 36.5 Å². The molecule has 0 unspecified atom stereocenters. The number of para-hydroxylation sites is 1. The molecule has 0 saturated heterocycles. The molecule has 1 aliphatic heterocycles. The van der Waals surface area contributed by atoms with Crippen molar-refractivity contribution in [2.24, 2.45) is 0 Å². The minimum atomic E-state index is 0.638. The Labute approximate surface area is 112 Å². The minimum Gasteiger partial charge on any atom is -0.353 e. The summed E-state index contributed by atoms with van der Waals surface area (Å²) in [5.41, 5.74) is 2.07. The predicted molar refractivity (Wildman–Crippen MR) is 78.7 cm³/mol. The lowest BCUT2D eigenvalue weighted by molar-refractivity contribution is 0.869. The first-order valence-corrected chi connectivity index (χ1v) is 6.47. The van der Waals surface area contributed by atoms with Crippen LogP contribution in [0.1, 0.15) is 12.5 Å². The van der Waals surface area contributed by atoms with E-state index in [1.54, 1.807) is 0 Å². The zero-order valence-electron chi connectivity index (χ0n) is 10.9. The first-order chi connectivity index (χ1) is 9.36. The molecule has 3 rings (SSSR count). The van der Waals surface area contributed by atoms with Crippen molar-refractivity contribution < 1.29 is 0 Å². The maximum atomic E-state index is 4.61. The van der Waals surface area contributed by atoms with E-state index in [-0.39, 0.29) is 0 Å². The Kier molecular flexibility index (Phi) is 3.14. The van der Waals surface area contributed by atoms with E-state index < -0.39 is 0 Å². The Hall–Kier alpha value is -2.36. The third-order valence-corrected chi connectivity index (χ3v) is 3.13. The maximum Gasteiger partial charge on any atom is 0.229 e. The van der Waals surface area contributed by atoms with Gasteiger partial charge in [-0.25, -0.2) is 4.98 Å². The van der Waals surface area contributed by atoms with Gasteiger partial charge in [-0.3, -0.25) is 0 Å². The predicted octanol–water partition coefficient (Wildman–Crippen LogP) is 3.07. The van der Waals surface area contributed by atoms with E-state index in [4.69, 9.17) is 0 Å². The van der Waals surface area contributed by atoms with Crippen molar-refractivity contribution in [2.75, 3.05) is 23.3 Å². The van der Waals surface area contributed by atoms with Crippen LogP contribution in [-0.2, 0) is 0 Å². The molecule has 19 heavy (non-hydrogen) atoms. The summed E-state index contributed by atoms with van der Waals surface area (Å²) >= 11 is 0. The van der Waals surface area contributed by atoms with Crippen molar-refractivity contribution in [3.63, 3.8) is 0 Å². The van der Waals surface area contributed by atoms with Crippen LogP contribution in [0.3, 0.4) is 0 Å². The molecule has 4 nitrogen and oxygen atoms in total. The SMILES string of the molecule is CCN1CC=Cc2cnc(Nc3ccccc3)nc21. The summed E-state index contributed by atoms with van der Waals surface area (Å²) in [6, 6.07) is 9.97. The molecule has 0 spiro atoms. The Bertz CT molecular complexity index is 592. The molecule has 4 heteroatoms. The zero-order chi connectivity index (χ0) is 13.1. The smallest absolute Gasteiger partial charge is 0.229 e. The molecule has 0 atom stereocenters. The van der Waals surface area contributed by atoms with Gasteiger partial charge in [-0.1, -0.05) is 30.4 Å². The van der Waals surface area contributed by atoms with Crippen LogP contribution in [0.15, 0.2) is 42.6 Å². The highest BCUT2D eigenvalue weighted by molar-refractivity contribution is 5.69. The van der Waals surface area contributed by atoms with Crippen LogP contribution in [0.4, 0.5) is 17.5 Å². The highest BCUT2D eigenvalue weighted by atomic mass is 15.2. The Morgan fingerprint density at radius 2 is 2.11 bits per heavy atom. The van der Waals surface area contributed by atoms with E-state index in [1.165, 1.54) is 0 Å². The lowest BCUT2D eigenvalue weighted by atomic mass is 10.2. The number of nitrogens with one attached hydrogen (secondary N) is 1. The molecule has 0 saturated carbocycles. The van der Waals surface area contributed by atoms with Crippen molar-refractivity contribution >= 4 is 23.5 Å². The van der Waals surface area contributed by atoms with Gasteiger partial charge in [-0.2, -0.15) is 4.98 Å². The number of benzene rings is 1.